The molecule has 0 spiro atoms. The number of pyridine rings is 1. The van der Waals surface area contributed by atoms with E-state index < -0.39 is 10.0 Å². The van der Waals surface area contributed by atoms with Gasteiger partial charge in [-0.3, -0.25) is 14.6 Å². The van der Waals surface area contributed by atoms with E-state index in [2.05, 4.69) is 10.3 Å². The van der Waals surface area contributed by atoms with E-state index in [1.165, 1.54) is 27.7 Å². The Morgan fingerprint density at radius 3 is 2.43 bits per heavy atom. The number of piperidine rings is 1. The Hall–Kier alpha value is -2.00. The molecule has 0 atom stereocenters. The van der Waals surface area contributed by atoms with Gasteiger partial charge >= 0.3 is 0 Å². The van der Waals surface area contributed by atoms with Crippen LogP contribution >= 0.6 is 0 Å². The third-order valence-electron chi connectivity index (χ3n) is 4.62. The molecule has 2 rings (SSSR count). The van der Waals surface area contributed by atoms with Gasteiger partial charge < -0.3 is 10.2 Å². The van der Waals surface area contributed by atoms with Crippen molar-refractivity contribution in [2.24, 2.45) is 5.92 Å². The first kappa shape index (κ1) is 22.3. The van der Waals surface area contributed by atoms with Gasteiger partial charge in [-0.1, -0.05) is 0 Å². The van der Waals surface area contributed by atoms with Gasteiger partial charge in [-0.05, 0) is 52.7 Å². The molecule has 156 valence electrons. The van der Waals surface area contributed by atoms with Crippen LogP contribution in [-0.2, 0) is 19.6 Å². The predicted molar refractivity (Wildman–Crippen MR) is 106 cm³/mol. The molecule has 0 radical (unpaired) electrons. The van der Waals surface area contributed by atoms with Crippen molar-refractivity contribution in [2.75, 3.05) is 26.2 Å². The topological polar surface area (TPSA) is 99.7 Å². The van der Waals surface area contributed by atoms with E-state index in [9.17, 15) is 18.0 Å². The van der Waals surface area contributed by atoms with E-state index in [0.29, 0.717) is 19.4 Å². The number of likely N-dealkylation sites (N-methyl/N-ethyl adjacent to an activating group) is 1. The van der Waals surface area contributed by atoms with Crippen LogP contribution in [0.25, 0.3) is 0 Å². The molecule has 0 unspecified atom stereocenters. The van der Waals surface area contributed by atoms with Crippen molar-refractivity contribution in [3.63, 3.8) is 0 Å². The molecule has 1 N–H and O–H groups in total. The number of hydrogen-bond acceptors (Lipinski definition) is 5. The van der Waals surface area contributed by atoms with Crippen molar-refractivity contribution in [1.29, 1.82) is 0 Å². The van der Waals surface area contributed by atoms with E-state index in [4.69, 9.17) is 0 Å². The number of amides is 2. The lowest BCUT2D eigenvalue weighted by atomic mass is 9.96. The molecule has 28 heavy (non-hydrogen) atoms. The highest BCUT2D eigenvalue weighted by molar-refractivity contribution is 7.89. The summed E-state index contributed by atoms with van der Waals surface area (Å²) in [6.07, 6.45) is 3.74. The first-order valence-corrected chi connectivity index (χ1v) is 11.0. The fourth-order valence-electron chi connectivity index (χ4n) is 3.23. The number of sulfonamides is 1. The minimum absolute atomic E-state index is 0.0147. The van der Waals surface area contributed by atoms with Crippen molar-refractivity contribution in [3.8, 4) is 0 Å². The second kappa shape index (κ2) is 9.00. The van der Waals surface area contributed by atoms with Gasteiger partial charge in [0.1, 0.15) is 4.90 Å². The Morgan fingerprint density at radius 2 is 1.93 bits per heavy atom. The fraction of sp³-hybridized carbons (Fsp3) is 0.632. The Kier molecular flexibility index (Phi) is 7.16. The highest BCUT2D eigenvalue weighted by atomic mass is 32.2. The molecule has 0 aliphatic carbocycles. The zero-order valence-corrected chi connectivity index (χ0v) is 17.8. The number of aromatic nitrogens is 1. The van der Waals surface area contributed by atoms with E-state index in [1.54, 1.807) is 6.07 Å². The van der Waals surface area contributed by atoms with Crippen LogP contribution in [0.3, 0.4) is 0 Å². The number of rotatable bonds is 6. The second-order valence-electron chi connectivity index (χ2n) is 8.02. The molecule has 1 fully saturated rings. The van der Waals surface area contributed by atoms with Crippen LogP contribution in [-0.4, -0.2) is 66.1 Å². The summed E-state index contributed by atoms with van der Waals surface area (Å²) in [7, 11) is -3.59. The van der Waals surface area contributed by atoms with Gasteiger partial charge in [0, 0.05) is 43.5 Å². The summed E-state index contributed by atoms with van der Waals surface area (Å²) < 4.78 is 26.7. The maximum atomic E-state index is 12.8. The van der Waals surface area contributed by atoms with Crippen LogP contribution in [0.5, 0.6) is 0 Å². The molecule has 1 saturated heterocycles. The van der Waals surface area contributed by atoms with Crippen LogP contribution in [0.2, 0.25) is 0 Å². The molecular formula is C19H30N4O4S. The Labute approximate surface area is 167 Å². The number of nitrogens with zero attached hydrogens (tertiary/aromatic N) is 3. The van der Waals surface area contributed by atoms with E-state index in [1.807, 2.05) is 27.7 Å². The fourth-order valence-corrected chi connectivity index (χ4v) is 4.66. The smallest absolute Gasteiger partial charge is 0.244 e. The van der Waals surface area contributed by atoms with Crippen LogP contribution in [0.1, 0.15) is 40.5 Å². The van der Waals surface area contributed by atoms with Crippen molar-refractivity contribution in [2.45, 2.75) is 51.0 Å². The maximum Gasteiger partial charge on any atom is 0.244 e. The molecule has 8 nitrogen and oxygen atoms in total. The van der Waals surface area contributed by atoms with Gasteiger partial charge in [-0.25, -0.2) is 8.42 Å². The zero-order valence-electron chi connectivity index (χ0n) is 17.0. The second-order valence-corrected chi connectivity index (χ2v) is 9.96. The maximum absolute atomic E-state index is 12.8. The van der Waals surface area contributed by atoms with Crippen LogP contribution < -0.4 is 5.32 Å². The summed E-state index contributed by atoms with van der Waals surface area (Å²) >= 11 is 0. The lowest BCUT2D eigenvalue weighted by Crippen LogP contribution is -2.49. The molecule has 0 aromatic carbocycles. The van der Waals surface area contributed by atoms with E-state index in [-0.39, 0.29) is 47.8 Å². The molecule has 2 heterocycles. The molecule has 1 aliphatic rings. The largest absolute Gasteiger partial charge is 0.350 e. The summed E-state index contributed by atoms with van der Waals surface area (Å²) in [4.78, 5) is 30.6. The normalized spacial score (nSPS) is 16.6. The SMILES string of the molecule is CCN(CC(=O)NC(C)(C)C)C(=O)C1CCN(S(=O)(=O)c2cccnc2)CC1. The number of hydrogen-bond donors (Lipinski definition) is 1. The Bertz CT molecular complexity index is 782. The van der Waals surface area contributed by atoms with Gasteiger partial charge in [0.15, 0.2) is 0 Å². The Balaban J connectivity index is 1.96. The molecular weight excluding hydrogens is 380 g/mol. The van der Waals surface area contributed by atoms with Crippen LogP contribution in [0.4, 0.5) is 0 Å². The Morgan fingerprint density at radius 1 is 1.29 bits per heavy atom. The zero-order chi connectivity index (χ0) is 20.9. The van der Waals surface area contributed by atoms with E-state index in [0.717, 1.165) is 0 Å². The van der Waals surface area contributed by atoms with Crippen molar-refractivity contribution < 1.29 is 18.0 Å². The molecule has 0 saturated carbocycles. The molecule has 9 heteroatoms. The highest BCUT2D eigenvalue weighted by Gasteiger charge is 2.34. The van der Waals surface area contributed by atoms with Crippen LogP contribution in [0.15, 0.2) is 29.4 Å². The molecule has 2 amide bonds. The monoisotopic (exact) mass is 410 g/mol. The number of nitrogens with one attached hydrogen (secondary N) is 1. The third-order valence-corrected chi connectivity index (χ3v) is 6.50. The van der Waals surface area contributed by atoms with Crippen LogP contribution in [0, 0.1) is 5.92 Å². The average Bonchev–Trinajstić information content (AvgIpc) is 2.65. The summed E-state index contributed by atoms with van der Waals surface area (Å²) in [5, 5.41) is 2.86. The third kappa shape index (κ3) is 5.75. The van der Waals surface area contributed by atoms with Crippen molar-refractivity contribution in [3.05, 3.63) is 24.5 Å². The molecule has 1 aliphatic heterocycles. The highest BCUT2D eigenvalue weighted by Crippen LogP contribution is 2.24. The predicted octanol–water partition coefficient (Wildman–Crippen LogP) is 1.25. The van der Waals surface area contributed by atoms with Gasteiger partial charge in [0.25, 0.3) is 0 Å². The van der Waals surface area contributed by atoms with E-state index >= 15 is 0 Å². The molecule has 1 aromatic rings. The molecule has 1 aromatic heterocycles. The van der Waals surface area contributed by atoms with Gasteiger partial charge in [0.2, 0.25) is 21.8 Å². The first-order chi connectivity index (χ1) is 13.0. The molecule has 0 bridgehead atoms. The quantitative estimate of drug-likeness (QED) is 0.761. The summed E-state index contributed by atoms with van der Waals surface area (Å²) in [6, 6.07) is 3.11. The summed E-state index contributed by atoms with van der Waals surface area (Å²) in [5.41, 5.74) is -0.356. The number of carbonyl (C=O) groups is 2. The van der Waals surface area contributed by atoms with Gasteiger partial charge in [-0.2, -0.15) is 4.31 Å². The minimum atomic E-state index is -3.59. The van der Waals surface area contributed by atoms with Gasteiger partial charge in [-0.15, -0.1) is 0 Å². The van der Waals surface area contributed by atoms with Gasteiger partial charge in [0.05, 0.1) is 6.54 Å². The minimum Gasteiger partial charge on any atom is -0.350 e. The summed E-state index contributed by atoms with van der Waals surface area (Å²) in [6.45, 7) is 8.51. The summed E-state index contributed by atoms with van der Waals surface area (Å²) in [5.74, 6) is -0.563. The lowest BCUT2D eigenvalue weighted by Gasteiger charge is -2.33. The standard InChI is InChI=1S/C19H30N4O4S/c1-5-22(14-17(24)21-19(2,3)4)18(25)15-8-11-23(12-9-15)28(26,27)16-7-6-10-20-13-16/h6-7,10,13,15H,5,8-9,11-12,14H2,1-4H3,(H,21,24). The van der Waals surface area contributed by atoms with Crippen molar-refractivity contribution >= 4 is 21.8 Å². The lowest BCUT2D eigenvalue weighted by molar-refractivity contribution is -0.140. The average molecular weight is 411 g/mol. The first-order valence-electron chi connectivity index (χ1n) is 9.54. The van der Waals surface area contributed by atoms with Crippen molar-refractivity contribution in [1.82, 2.24) is 19.5 Å². The number of carbonyl (C=O) groups excluding carboxylic acids is 2.